The fourth-order valence-corrected chi connectivity index (χ4v) is 1.30. The zero-order valence-electron chi connectivity index (χ0n) is 8.06. The molecule has 2 heteroatoms. The average Bonchev–Trinajstić information content (AvgIpc) is 2.00. The van der Waals surface area contributed by atoms with Crippen LogP contribution in [0.1, 0.15) is 46.5 Å². The van der Waals surface area contributed by atoms with Crippen molar-refractivity contribution in [1.82, 2.24) is 0 Å². The highest BCUT2D eigenvalue weighted by Gasteiger charge is 2.25. The summed E-state index contributed by atoms with van der Waals surface area (Å²) in [7, 11) is 0. The van der Waals surface area contributed by atoms with Crippen LogP contribution in [0.2, 0.25) is 0 Å². The molecule has 0 atom stereocenters. The van der Waals surface area contributed by atoms with Crippen LogP contribution in [0.15, 0.2) is 0 Å². The summed E-state index contributed by atoms with van der Waals surface area (Å²) >= 11 is 0. The molecule has 68 valence electrons. The van der Waals surface area contributed by atoms with Crippen LogP contribution in [-0.4, -0.2) is 5.66 Å². The summed E-state index contributed by atoms with van der Waals surface area (Å²) < 4.78 is 0. The molecule has 0 aromatic rings. The minimum absolute atomic E-state index is 0.341. The highest BCUT2D eigenvalue weighted by Crippen LogP contribution is 2.25. The summed E-state index contributed by atoms with van der Waals surface area (Å²) in [4.78, 5) is 0. The molecule has 0 aliphatic heterocycles. The molecular weight excluding hydrogens is 136 g/mol. The molecule has 0 unspecified atom stereocenters. The van der Waals surface area contributed by atoms with Gasteiger partial charge in [-0.15, -0.1) is 0 Å². The lowest BCUT2D eigenvalue weighted by Crippen LogP contribution is -2.51. The summed E-state index contributed by atoms with van der Waals surface area (Å²) in [6, 6.07) is 0. The molecule has 0 amide bonds. The highest BCUT2D eigenvalue weighted by molar-refractivity contribution is 4.82. The van der Waals surface area contributed by atoms with E-state index >= 15 is 0 Å². The first kappa shape index (κ1) is 10.9. The number of nitrogens with two attached hydrogens (primary N) is 2. The minimum Gasteiger partial charge on any atom is -0.313 e. The maximum atomic E-state index is 5.72. The molecule has 1 rings (SSSR count). The number of rotatable bonds is 0. The van der Waals surface area contributed by atoms with Crippen LogP contribution < -0.4 is 11.5 Å². The maximum absolute atomic E-state index is 5.72. The van der Waals surface area contributed by atoms with Crippen LogP contribution >= 0.6 is 0 Å². The molecule has 1 fully saturated rings. The number of hydrogen-bond donors (Lipinski definition) is 2. The van der Waals surface area contributed by atoms with Gasteiger partial charge in [0, 0.05) is 0 Å². The first-order valence-corrected chi connectivity index (χ1v) is 4.68. The van der Waals surface area contributed by atoms with Crippen LogP contribution in [0.5, 0.6) is 0 Å². The van der Waals surface area contributed by atoms with Gasteiger partial charge in [0.2, 0.25) is 0 Å². The lowest BCUT2D eigenvalue weighted by molar-refractivity contribution is 0.252. The van der Waals surface area contributed by atoms with Crippen molar-refractivity contribution in [2.75, 3.05) is 0 Å². The first-order chi connectivity index (χ1) is 5.10. The van der Waals surface area contributed by atoms with E-state index in [-0.39, 0.29) is 5.66 Å². The van der Waals surface area contributed by atoms with Gasteiger partial charge in [0.05, 0.1) is 5.66 Å². The second-order valence-corrected chi connectivity index (χ2v) is 3.42. The topological polar surface area (TPSA) is 52.0 Å². The van der Waals surface area contributed by atoms with Crippen LogP contribution in [0.4, 0.5) is 0 Å². The van der Waals surface area contributed by atoms with Gasteiger partial charge in [-0.2, -0.15) is 0 Å². The van der Waals surface area contributed by atoms with Gasteiger partial charge in [-0.25, -0.2) is 0 Å². The molecule has 0 aromatic carbocycles. The second kappa shape index (κ2) is 4.73. The molecule has 0 heterocycles. The lowest BCUT2D eigenvalue weighted by Gasteiger charge is -2.32. The zero-order chi connectivity index (χ0) is 8.91. The van der Waals surface area contributed by atoms with Crippen molar-refractivity contribution in [3.8, 4) is 0 Å². The van der Waals surface area contributed by atoms with Crippen molar-refractivity contribution >= 4 is 0 Å². The van der Waals surface area contributed by atoms with Crippen molar-refractivity contribution in [2.45, 2.75) is 52.1 Å². The van der Waals surface area contributed by atoms with Gasteiger partial charge in [0.15, 0.2) is 0 Å². The summed E-state index contributed by atoms with van der Waals surface area (Å²) in [5, 5.41) is 0. The Bertz CT molecular complexity index is 89.7. The van der Waals surface area contributed by atoms with Crippen molar-refractivity contribution in [1.29, 1.82) is 0 Å². The summed E-state index contributed by atoms with van der Waals surface area (Å²) in [5.41, 5.74) is 11.1. The van der Waals surface area contributed by atoms with E-state index < -0.39 is 0 Å². The van der Waals surface area contributed by atoms with Gasteiger partial charge in [-0.1, -0.05) is 20.8 Å². The molecule has 2 nitrogen and oxygen atoms in total. The Balaban J connectivity index is 0.000000461. The van der Waals surface area contributed by atoms with E-state index in [4.69, 9.17) is 11.5 Å². The predicted molar refractivity (Wildman–Crippen MR) is 50.1 cm³/mol. The van der Waals surface area contributed by atoms with Gasteiger partial charge >= 0.3 is 0 Å². The third kappa shape index (κ3) is 4.38. The van der Waals surface area contributed by atoms with Crippen LogP contribution in [0.3, 0.4) is 0 Å². The van der Waals surface area contributed by atoms with E-state index in [1.165, 1.54) is 12.8 Å². The molecule has 0 bridgehead atoms. The third-order valence-corrected chi connectivity index (χ3v) is 2.21. The highest BCUT2D eigenvalue weighted by atomic mass is 14.9. The Labute approximate surface area is 70.3 Å². The van der Waals surface area contributed by atoms with E-state index in [0.717, 1.165) is 18.8 Å². The van der Waals surface area contributed by atoms with E-state index in [2.05, 4.69) is 6.92 Å². The zero-order valence-corrected chi connectivity index (χ0v) is 8.06. The Morgan fingerprint density at radius 1 is 1.09 bits per heavy atom. The Morgan fingerprint density at radius 2 is 1.45 bits per heavy atom. The van der Waals surface area contributed by atoms with Gasteiger partial charge in [0.25, 0.3) is 0 Å². The second-order valence-electron chi connectivity index (χ2n) is 3.42. The molecular formula is C9H22N2. The number of hydrogen-bond acceptors (Lipinski definition) is 2. The lowest BCUT2D eigenvalue weighted by atomic mass is 9.84. The van der Waals surface area contributed by atoms with E-state index in [9.17, 15) is 0 Å². The van der Waals surface area contributed by atoms with Gasteiger partial charge in [-0.3, -0.25) is 0 Å². The molecule has 1 aliphatic rings. The monoisotopic (exact) mass is 158 g/mol. The molecule has 0 radical (unpaired) electrons. The largest absolute Gasteiger partial charge is 0.313 e. The molecule has 4 N–H and O–H groups in total. The van der Waals surface area contributed by atoms with Gasteiger partial charge < -0.3 is 11.5 Å². The van der Waals surface area contributed by atoms with Crippen molar-refractivity contribution < 1.29 is 0 Å². The SMILES string of the molecule is CC.CC1CCC(N)(N)CC1. The predicted octanol–water partition coefficient (Wildman–Crippen LogP) is 1.84. The fourth-order valence-electron chi connectivity index (χ4n) is 1.30. The molecule has 0 spiro atoms. The molecule has 11 heavy (non-hydrogen) atoms. The van der Waals surface area contributed by atoms with Crippen molar-refractivity contribution in [3.63, 3.8) is 0 Å². The van der Waals surface area contributed by atoms with Crippen molar-refractivity contribution in [3.05, 3.63) is 0 Å². The summed E-state index contributed by atoms with van der Waals surface area (Å²) in [6.07, 6.45) is 4.39. The standard InChI is InChI=1S/C7H16N2.C2H6/c1-6-2-4-7(8,9)5-3-6;1-2/h6H,2-5,8-9H2,1H3;1-2H3. The molecule has 0 aromatic heterocycles. The molecule has 1 aliphatic carbocycles. The van der Waals surface area contributed by atoms with E-state index in [1.54, 1.807) is 0 Å². The quantitative estimate of drug-likeness (QED) is 0.528. The van der Waals surface area contributed by atoms with Crippen LogP contribution in [0.25, 0.3) is 0 Å². The van der Waals surface area contributed by atoms with E-state index in [1.807, 2.05) is 13.8 Å². The smallest absolute Gasteiger partial charge is 0.0636 e. The molecule has 1 saturated carbocycles. The minimum atomic E-state index is -0.341. The summed E-state index contributed by atoms with van der Waals surface area (Å²) in [5.74, 6) is 0.838. The first-order valence-electron chi connectivity index (χ1n) is 4.68. The van der Waals surface area contributed by atoms with Gasteiger partial charge in [-0.05, 0) is 31.6 Å². The Hall–Kier alpha value is -0.0800. The maximum Gasteiger partial charge on any atom is 0.0636 e. The average molecular weight is 158 g/mol. The van der Waals surface area contributed by atoms with Crippen LogP contribution in [-0.2, 0) is 0 Å². The van der Waals surface area contributed by atoms with E-state index in [0.29, 0.717) is 0 Å². The normalized spacial score (nSPS) is 23.7. The van der Waals surface area contributed by atoms with Crippen molar-refractivity contribution in [2.24, 2.45) is 17.4 Å². The third-order valence-electron chi connectivity index (χ3n) is 2.21. The Kier molecular flexibility index (Phi) is 4.69. The summed E-state index contributed by atoms with van der Waals surface area (Å²) in [6.45, 7) is 6.26. The fraction of sp³-hybridized carbons (Fsp3) is 1.00. The Morgan fingerprint density at radius 3 is 1.73 bits per heavy atom. The van der Waals surface area contributed by atoms with Gasteiger partial charge in [0.1, 0.15) is 0 Å². The molecule has 0 saturated heterocycles. The van der Waals surface area contributed by atoms with Crippen LogP contribution in [0, 0.1) is 5.92 Å².